The minimum atomic E-state index is -1.68. The van der Waals surface area contributed by atoms with Crippen molar-refractivity contribution in [2.24, 2.45) is 5.73 Å². The molecule has 0 bridgehead atoms. The van der Waals surface area contributed by atoms with Crippen LogP contribution >= 0.6 is 12.4 Å². The predicted molar refractivity (Wildman–Crippen MR) is 95.0 cm³/mol. The van der Waals surface area contributed by atoms with Crippen LogP contribution in [-0.2, 0) is 11.3 Å². The van der Waals surface area contributed by atoms with Crippen LogP contribution in [0.15, 0.2) is 28.9 Å². The summed E-state index contributed by atoms with van der Waals surface area (Å²) in [6.45, 7) is 1.80. The second kappa shape index (κ2) is 9.98. The molecule has 0 radical (unpaired) electrons. The number of nitrogens with two attached hydrogens (primary N) is 1. The van der Waals surface area contributed by atoms with Crippen molar-refractivity contribution in [3.63, 3.8) is 0 Å². The fourth-order valence-electron chi connectivity index (χ4n) is 2.29. The lowest BCUT2D eigenvalue weighted by Crippen LogP contribution is -2.38. The molecule has 0 unspecified atom stereocenters. The minimum Gasteiger partial charge on any atom is -0.467 e. The Morgan fingerprint density at radius 2 is 1.93 bits per heavy atom. The van der Waals surface area contributed by atoms with E-state index in [1.807, 2.05) is 6.92 Å². The topological polar surface area (TPSA) is 88.6 Å². The van der Waals surface area contributed by atoms with Gasteiger partial charge in [0.2, 0.25) is 5.91 Å². The van der Waals surface area contributed by atoms with Crippen molar-refractivity contribution in [1.29, 1.82) is 0 Å². The lowest BCUT2D eigenvalue weighted by Gasteiger charge is -2.21. The number of nitrogens with one attached hydrogen (secondary N) is 1. The molecule has 2 aromatic rings. The average molecular weight is 406 g/mol. The molecule has 1 heterocycles. The second-order valence-corrected chi connectivity index (χ2v) is 5.50. The molecule has 0 aliphatic carbocycles. The Labute approximate surface area is 159 Å². The molecule has 27 heavy (non-hydrogen) atoms. The van der Waals surface area contributed by atoms with Crippen LogP contribution in [0.25, 0.3) is 0 Å². The second-order valence-electron chi connectivity index (χ2n) is 5.50. The molecule has 6 nitrogen and oxygen atoms in total. The van der Waals surface area contributed by atoms with Crippen LogP contribution in [0, 0.1) is 17.5 Å². The molecular weight excluding hydrogens is 387 g/mol. The van der Waals surface area contributed by atoms with Crippen LogP contribution < -0.4 is 11.1 Å². The molecule has 1 aromatic carbocycles. The van der Waals surface area contributed by atoms with E-state index in [2.05, 4.69) is 5.32 Å². The maximum absolute atomic E-state index is 13.6. The number of hydrogen-bond acceptors (Lipinski definition) is 4. The largest absolute Gasteiger partial charge is 0.467 e. The van der Waals surface area contributed by atoms with E-state index in [4.69, 9.17) is 10.2 Å². The predicted octanol–water partition coefficient (Wildman–Crippen LogP) is 3.07. The highest BCUT2D eigenvalue weighted by atomic mass is 35.5. The normalized spacial score (nSPS) is 10.3. The maximum atomic E-state index is 13.6. The Kier molecular flexibility index (Phi) is 8.32. The number of amides is 2. The van der Waals surface area contributed by atoms with E-state index >= 15 is 0 Å². The molecule has 1 aromatic heterocycles. The van der Waals surface area contributed by atoms with Gasteiger partial charge in [-0.1, -0.05) is 6.92 Å². The smallest absolute Gasteiger partial charge is 0.257 e. The Balaban J connectivity index is 0.00000364. The summed E-state index contributed by atoms with van der Waals surface area (Å²) >= 11 is 0. The highest BCUT2D eigenvalue weighted by molar-refractivity contribution is 5.99. The first-order chi connectivity index (χ1) is 12.4. The van der Waals surface area contributed by atoms with Crippen molar-refractivity contribution in [2.45, 2.75) is 19.9 Å². The Bertz CT molecular complexity index is 814. The third-order valence-corrected chi connectivity index (χ3v) is 3.53. The average Bonchev–Trinajstić information content (AvgIpc) is 3.10. The Morgan fingerprint density at radius 3 is 2.52 bits per heavy atom. The zero-order valence-corrected chi connectivity index (χ0v) is 15.2. The van der Waals surface area contributed by atoms with Gasteiger partial charge < -0.3 is 20.4 Å². The molecule has 148 valence electrons. The summed E-state index contributed by atoms with van der Waals surface area (Å²) in [6, 6.07) is 3.07. The molecule has 0 fully saturated rings. The molecular formula is C17H19ClF3N3O3. The monoisotopic (exact) mass is 405 g/mol. The molecule has 0 atom stereocenters. The molecule has 2 amide bonds. The standard InChI is InChI=1S/C17H18F3N3O3.ClH/c1-2-5-23(17(25)10-6-11(7-21)26-9-10)8-14(24)22-13-4-3-12(18)15(19)16(13)20;/h3-4,6,9H,2,5,7-8,21H2,1H3,(H,22,24);1H. The van der Waals surface area contributed by atoms with Crippen LogP contribution in [0.3, 0.4) is 0 Å². The van der Waals surface area contributed by atoms with E-state index < -0.39 is 41.5 Å². The van der Waals surface area contributed by atoms with Gasteiger partial charge in [0.25, 0.3) is 5.91 Å². The number of carbonyl (C=O) groups excluding carboxylic acids is 2. The number of halogens is 4. The molecule has 0 saturated carbocycles. The fourth-order valence-corrected chi connectivity index (χ4v) is 2.29. The van der Waals surface area contributed by atoms with E-state index in [0.29, 0.717) is 18.2 Å². The van der Waals surface area contributed by atoms with Gasteiger partial charge in [-0.25, -0.2) is 13.2 Å². The molecule has 0 spiro atoms. The van der Waals surface area contributed by atoms with E-state index in [-0.39, 0.29) is 31.1 Å². The van der Waals surface area contributed by atoms with Crippen LogP contribution in [0.5, 0.6) is 0 Å². The van der Waals surface area contributed by atoms with Gasteiger partial charge in [0.05, 0.1) is 17.8 Å². The van der Waals surface area contributed by atoms with Gasteiger partial charge in [0.15, 0.2) is 17.5 Å². The third kappa shape index (κ3) is 5.48. The summed E-state index contributed by atoms with van der Waals surface area (Å²) in [5.74, 6) is -5.35. The first-order valence-electron chi connectivity index (χ1n) is 7.87. The van der Waals surface area contributed by atoms with Crippen LogP contribution in [0.4, 0.5) is 18.9 Å². The number of carbonyl (C=O) groups is 2. The number of anilines is 1. The summed E-state index contributed by atoms with van der Waals surface area (Å²) in [7, 11) is 0. The molecule has 2 rings (SSSR count). The van der Waals surface area contributed by atoms with Crippen LogP contribution in [0.2, 0.25) is 0 Å². The fraction of sp³-hybridized carbons (Fsp3) is 0.294. The van der Waals surface area contributed by atoms with Crippen molar-refractivity contribution >= 4 is 29.9 Å². The summed E-state index contributed by atoms with van der Waals surface area (Å²) < 4.78 is 44.9. The van der Waals surface area contributed by atoms with E-state index in [1.165, 1.54) is 17.2 Å². The zero-order valence-electron chi connectivity index (χ0n) is 14.4. The van der Waals surface area contributed by atoms with Crippen molar-refractivity contribution in [3.05, 3.63) is 53.2 Å². The molecule has 10 heteroatoms. The zero-order chi connectivity index (χ0) is 19.3. The number of benzene rings is 1. The third-order valence-electron chi connectivity index (χ3n) is 3.53. The number of rotatable bonds is 7. The lowest BCUT2D eigenvalue weighted by molar-refractivity contribution is -0.116. The van der Waals surface area contributed by atoms with Gasteiger partial charge in [-0.2, -0.15) is 0 Å². The summed E-state index contributed by atoms with van der Waals surface area (Å²) in [4.78, 5) is 25.8. The number of nitrogens with zero attached hydrogens (tertiary/aromatic N) is 1. The van der Waals surface area contributed by atoms with Crippen LogP contribution in [0.1, 0.15) is 29.5 Å². The van der Waals surface area contributed by atoms with E-state index in [9.17, 15) is 22.8 Å². The van der Waals surface area contributed by atoms with Crippen molar-refractivity contribution < 1.29 is 27.2 Å². The Hall–Kier alpha value is -2.52. The van der Waals surface area contributed by atoms with Gasteiger partial charge in [-0.05, 0) is 24.6 Å². The molecule has 0 aliphatic heterocycles. The molecule has 0 aliphatic rings. The number of hydrogen-bond donors (Lipinski definition) is 2. The van der Waals surface area contributed by atoms with Crippen molar-refractivity contribution in [1.82, 2.24) is 4.90 Å². The molecule has 0 saturated heterocycles. The van der Waals surface area contributed by atoms with Gasteiger partial charge in [0.1, 0.15) is 18.6 Å². The van der Waals surface area contributed by atoms with Gasteiger partial charge >= 0.3 is 0 Å². The van der Waals surface area contributed by atoms with Crippen molar-refractivity contribution in [3.8, 4) is 0 Å². The first kappa shape index (κ1) is 22.5. The van der Waals surface area contributed by atoms with Crippen molar-refractivity contribution in [2.75, 3.05) is 18.4 Å². The Morgan fingerprint density at radius 1 is 1.22 bits per heavy atom. The highest BCUT2D eigenvalue weighted by Crippen LogP contribution is 2.19. The lowest BCUT2D eigenvalue weighted by atomic mass is 10.2. The summed E-state index contributed by atoms with van der Waals surface area (Å²) in [6.07, 6.45) is 1.81. The highest BCUT2D eigenvalue weighted by Gasteiger charge is 2.21. The SMILES string of the molecule is CCCN(CC(=O)Nc1ccc(F)c(F)c1F)C(=O)c1coc(CN)c1.Cl. The summed E-state index contributed by atoms with van der Waals surface area (Å²) in [5.41, 5.74) is 5.15. The maximum Gasteiger partial charge on any atom is 0.257 e. The summed E-state index contributed by atoms with van der Waals surface area (Å²) in [5, 5.41) is 2.13. The van der Waals surface area contributed by atoms with Crippen LogP contribution in [-0.4, -0.2) is 29.8 Å². The minimum absolute atomic E-state index is 0. The quantitative estimate of drug-likeness (QED) is 0.693. The van der Waals surface area contributed by atoms with Gasteiger partial charge in [0, 0.05) is 6.54 Å². The van der Waals surface area contributed by atoms with E-state index in [1.54, 1.807) is 0 Å². The van der Waals surface area contributed by atoms with Gasteiger partial charge in [-0.3, -0.25) is 9.59 Å². The van der Waals surface area contributed by atoms with Gasteiger partial charge in [-0.15, -0.1) is 12.4 Å². The number of furan rings is 1. The molecule has 3 N–H and O–H groups in total. The first-order valence-corrected chi connectivity index (χ1v) is 7.87. The van der Waals surface area contributed by atoms with E-state index in [0.717, 1.165) is 6.07 Å².